The van der Waals surface area contributed by atoms with Gasteiger partial charge in [-0.25, -0.2) is 9.18 Å². The van der Waals surface area contributed by atoms with Crippen molar-refractivity contribution >= 4 is 23.3 Å². The first-order chi connectivity index (χ1) is 12.1. The summed E-state index contributed by atoms with van der Waals surface area (Å²) < 4.78 is 13.6. The number of urea groups is 1. The van der Waals surface area contributed by atoms with E-state index in [1.807, 2.05) is 24.3 Å². The molecule has 0 saturated carbocycles. The fourth-order valence-electron chi connectivity index (χ4n) is 2.94. The third kappa shape index (κ3) is 4.63. The van der Waals surface area contributed by atoms with Crippen molar-refractivity contribution in [1.29, 1.82) is 0 Å². The van der Waals surface area contributed by atoms with Gasteiger partial charge in [-0.2, -0.15) is 0 Å². The number of nitrogens with zero attached hydrogens (tertiary/aromatic N) is 2. The average Bonchev–Trinajstić information content (AvgIpc) is 2.64. The third-order valence-corrected chi connectivity index (χ3v) is 4.64. The summed E-state index contributed by atoms with van der Waals surface area (Å²) in [6, 6.07) is 14.3. The van der Waals surface area contributed by atoms with Crippen molar-refractivity contribution in [1.82, 2.24) is 10.2 Å². The van der Waals surface area contributed by atoms with Gasteiger partial charge in [0.25, 0.3) is 0 Å². The number of nitrogens with one attached hydrogen (secondary N) is 1. The lowest BCUT2D eigenvalue weighted by molar-refractivity contribution is 0.194. The van der Waals surface area contributed by atoms with Gasteiger partial charge in [0.15, 0.2) is 0 Å². The Bertz CT molecular complexity index is 715. The molecule has 1 N–H and O–H groups in total. The smallest absolute Gasteiger partial charge is 0.317 e. The lowest BCUT2D eigenvalue weighted by Gasteiger charge is -2.36. The standard InChI is InChI=1S/C19H21ClFN3O/c20-16-5-7-17(8-6-16)23-11-13-24(14-12-23)19(25)22-10-9-15-3-1-2-4-18(15)21/h1-8H,9-14H2,(H,22,25). The summed E-state index contributed by atoms with van der Waals surface area (Å²) in [5.41, 5.74) is 1.74. The van der Waals surface area contributed by atoms with E-state index in [1.165, 1.54) is 6.07 Å². The maximum Gasteiger partial charge on any atom is 0.317 e. The van der Waals surface area contributed by atoms with Crippen LogP contribution in [0.2, 0.25) is 5.02 Å². The molecular weight excluding hydrogens is 341 g/mol. The number of halogens is 2. The van der Waals surface area contributed by atoms with Crippen molar-refractivity contribution in [2.45, 2.75) is 6.42 Å². The molecule has 3 rings (SSSR count). The van der Waals surface area contributed by atoms with Gasteiger partial charge in [0.05, 0.1) is 0 Å². The van der Waals surface area contributed by atoms with Crippen molar-refractivity contribution < 1.29 is 9.18 Å². The molecular formula is C19H21ClFN3O. The lowest BCUT2D eigenvalue weighted by atomic mass is 10.1. The van der Waals surface area contributed by atoms with Crippen LogP contribution >= 0.6 is 11.6 Å². The second-order valence-corrected chi connectivity index (χ2v) is 6.46. The highest BCUT2D eigenvalue weighted by molar-refractivity contribution is 6.30. The van der Waals surface area contributed by atoms with E-state index in [9.17, 15) is 9.18 Å². The quantitative estimate of drug-likeness (QED) is 0.903. The first-order valence-corrected chi connectivity index (χ1v) is 8.78. The molecule has 0 unspecified atom stereocenters. The highest BCUT2D eigenvalue weighted by atomic mass is 35.5. The van der Waals surface area contributed by atoms with Crippen LogP contribution in [0.15, 0.2) is 48.5 Å². The van der Waals surface area contributed by atoms with Crippen molar-refractivity contribution in [2.75, 3.05) is 37.6 Å². The van der Waals surface area contributed by atoms with Crippen LogP contribution in [-0.2, 0) is 6.42 Å². The van der Waals surface area contributed by atoms with Gasteiger partial charge in [0.1, 0.15) is 5.82 Å². The van der Waals surface area contributed by atoms with E-state index < -0.39 is 0 Å². The van der Waals surface area contributed by atoms with Crippen molar-refractivity contribution in [3.8, 4) is 0 Å². The number of rotatable bonds is 4. The Kier molecular flexibility index (Phi) is 5.76. The van der Waals surface area contributed by atoms with Crippen molar-refractivity contribution in [3.05, 3.63) is 64.9 Å². The van der Waals surface area contributed by atoms with Crippen LogP contribution in [0.1, 0.15) is 5.56 Å². The second-order valence-electron chi connectivity index (χ2n) is 6.02. The van der Waals surface area contributed by atoms with Gasteiger partial charge >= 0.3 is 6.03 Å². The zero-order valence-electron chi connectivity index (χ0n) is 13.9. The number of carbonyl (C=O) groups is 1. The van der Waals surface area contributed by atoms with Crippen LogP contribution in [0.4, 0.5) is 14.9 Å². The van der Waals surface area contributed by atoms with E-state index >= 15 is 0 Å². The number of anilines is 1. The van der Waals surface area contributed by atoms with Gasteiger partial charge in [0, 0.05) is 43.4 Å². The number of hydrogen-bond donors (Lipinski definition) is 1. The number of piperazine rings is 1. The van der Waals surface area contributed by atoms with Crippen LogP contribution in [-0.4, -0.2) is 43.7 Å². The number of benzene rings is 2. The predicted octanol–water partition coefficient (Wildman–Crippen LogP) is 3.55. The molecule has 1 aliphatic rings. The van der Waals surface area contributed by atoms with Gasteiger partial charge in [-0.05, 0) is 42.3 Å². The average molecular weight is 362 g/mol. The van der Waals surface area contributed by atoms with Crippen LogP contribution < -0.4 is 10.2 Å². The molecule has 0 aliphatic carbocycles. The van der Waals surface area contributed by atoms with E-state index in [2.05, 4.69) is 10.2 Å². The van der Waals surface area contributed by atoms with Gasteiger partial charge in [-0.3, -0.25) is 0 Å². The predicted molar refractivity (Wildman–Crippen MR) is 98.7 cm³/mol. The van der Waals surface area contributed by atoms with Crippen LogP contribution in [0.5, 0.6) is 0 Å². The molecule has 0 aromatic heterocycles. The Labute approximate surface area is 152 Å². The van der Waals surface area contributed by atoms with E-state index in [4.69, 9.17) is 11.6 Å². The Hall–Kier alpha value is -2.27. The molecule has 25 heavy (non-hydrogen) atoms. The molecule has 1 saturated heterocycles. The number of hydrogen-bond acceptors (Lipinski definition) is 2. The molecule has 1 fully saturated rings. The number of carbonyl (C=O) groups excluding carboxylic acids is 1. The third-order valence-electron chi connectivity index (χ3n) is 4.39. The molecule has 1 heterocycles. The molecule has 6 heteroatoms. The van der Waals surface area contributed by atoms with Gasteiger partial charge in [0.2, 0.25) is 0 Å². The molecule has 0 atom stereocenters. The zero-order valence-corrected chi connectivity index (χ0v) is 14.7. The maximum absolute atomic E-state index is 13.6. The molecule has 0 bridgehead atoms. The Morgan fingerprint density at radius 3 is 2.40 bits per heavy atom. The lowest BCUT2D eigenvalue weighted by Crippen LogP contribution is -2.52. The molecule has 0 radical (unpaired) electrons. The minimum Gasteiger partial charge on any atom is -0.368 e. The van der Waals surface area contributed by atoms with Crippen LogP contribution in [0.3, 0.4) is 0 Å². The SMILES string of the molecule is O=C(NCCc1ccccc1F)N1CCN(c2ccc(Cl)cc2)CC1. The molecule has 132 valence electrons. The Morgan fingerprint density at radius 2 is 1.72 bits per heavy atom. The summed E-state index contributed by atoms with van der Waals surface area (Å²) in [6.45, 7) is 3.31. The monoisotopic (exact) mass is 361 g/mol. The number of amides is 2. The molecule has 2 aromatic rings. The summed E-state index contributed by atoms with van der Waals surface area (Å²) in [7, 11) is 0. The second kappa shape index (κ2) is 8.21. The van der Waals surface area contributed by atoms with E-state index in [0.717, 1.165) is 23.8 Å². The zero-order chi connectivity index (χ0) is 17.6. The molecule has 2 amide bonds. The van der Waals surface area contributed by atoms with Crippen molar-refractivity contribution in [2.24, 2.45) is 0 Å². The molecule has 1 aliphatic heterocycles. The van der Waals surface area contributed by atoms with E-state index in [-0.39, 0.29) is 11.8 Å². The topological polar surface area (TPSA) is 35.6 Å². The summed E-state index contributed by atoms with van der Waals surface area (Å²) in [5.74, 6) is -0.228. The fraction of sp³-hybridized carbons (Fsp3) is 0.316. The highest BCUT2D eigenvalue weighted by Crippen LogP contribution is 2.19. The van der Waals surface area contributed by atoms with Crippen LogP contribution in [0, 0.1) is 5.82 Å². The summed E-state index contributed by atoms with van der Waals surface area (Å²) in [5, 5.41) is 3.59. The van der Waals surface area contributed by atoms with Gasteiger partial charge in [-0.1, -0.05) is 29.8 Å². The summed E-state index contributed by atoms with van der Waals surface area (Å²) >= 11 is 5.91. The summed E-state index contributed by atoms with van der Waals surface area (Å²) in [4.78, 5) is 16.3. The van der Waals surface area contributed by atoms with Crippen molar-refractivity contribution in [3.63, 3.8) is 0 Å². The van der Waals surface area contributed by atoms with Crippen LogP contribution in [0.25, 0.3) is 0 Å². The highest BCUT2D eigenvalue weighted by Gasteiger charge is 2.21. The minimum absolute atomic E-state index is 0.0907. The fourth-order valence-corrected chi connectivity index (χ4v) is 3.06. The Morgan fingerprint density at radius 1 is 1.04 bits per heavy atom. The molecule has 2 aromatic carbocycles. The summed E-state index contributed by atoms with van der Waals surface area (Å²) in [6.07, 6.45) is 0.489. The van der Waals surface area contributed by atoms with E-state index in [1.54, 1.807) is 23.1 Å². The first-order valence-electron chi connectivity index (χ1n) is 8.40. The van der Waals surface area contributed by atoms with E-state index in [0.29, 0.717) is 31.6 Å². The largest absolute Gasteiger partial charge is 0.368 e. The molecule has 0 spiro atoms. The Balaban J connectivity index is 1.44. The van der Waals surface area contributed by atoms with Gasteiger partial charge < -0.3 is 15.1 Å². The van der Waals surface area contributed by atoms with Gasteiger partial charge in [-0.15, -0.1) is 0 Å². The minimum atomic E-state index is -0.228. The molecule has 4 nitrogen and oxygen atoms in total. The maximum atomic E-state index is 13.6. The normalized spacial score (nSPS) is 14.5. The first kappa shape index (κ1) is 17.5.